The van der Waals surface area contributed by atoms with Gasteiger partial charge in [0.2, 0.25) is 5.95 Å². The molecule has 104 valence electrons. The van der Waals surface area contributed by atoms with Crippen LogP contribution < -0.4 is 11.1 Å². The third-order valence-electron chi connectivity index (χ3n) is 2.94. The molecule has 0 spiro atoms. The third-order valence-corrected chi connectivity index (χ3v) is 5.05. The highest BCUT2D eigenvalue weighted by Crippen LogP contribution is 2.30. The Morgan fingerprint density at radius 3 is 2.89 bits per heavy atom. The maximum absolute atomic E-state index is 9.33. The zero-order chi connectivity index (χ0) is 14.0. The van der Waals surface area contributed by atoms with E-state index in [4.69, 9.17) is 5.73 Å². The summed E-state index contributed by atoms with van der Waals surface area (Å²) in [7, 11) is 0. The van der Waals surface area contributed by atoms with E-state index in [0.29, 0.717) is 0 Å². The minimum Gasteiger partial charge on any atom is -0.395 e. The van der Waals surface area contributed by atoms with E-state index < -0.39 is 0 Å². The van der Waals surface area contributed by atoms with Gasteiger partial charge in [-0.15, -0.1) is 11.3 Å². The number of anilines is 2. The Balaban J connectivity index is 2.33. The van der Waals surface area contributed by atoms with Gasteiger partial charge in [0.05, 0.1) is 12.0 Å². The molecule has 2 aromatic heterocycles. The second-order valence-corrected chi connectivity index (χ2v) is 6.71. The molecule has 0 saturated carbocycles. The fourth-order valence-corrected chi connectivity index (χ4v) is 3.43. The van der Waals surface area contributed by atoms with E-state index >= 15 is 0 Å². The molecule has 2 unspecified atom stereocenters. The minimum atomic E-state index is 0.0951. The number of aliphatic hydroxyl groups is 1. The van der Waals surface area contributed by atoms with Crippen LogP contribution in [-0.4, -0.2) is 39.2 Å². The number of nitrogens with one attached hydrogen (secondary N) is 1. The normalized spacial score (nSPS) is 14.5. The van der Waals surface area contributed by atoms with Crippen molar-refractivity contribution < 1.29 is 5.11 Å². The fraction of sp³-hybridized carbons (Fsp3) is 0.500. The first kappa shape index (κ1) is 14.4. The van der Waals surface area contributed by atoms with Crippen molar-refractivity contribution in [3.8, 4) is 0 Å². The van der Waals surface area contributed by atoms with Gasteiger partial charge in [-0.1, -0.05) is 0 Å². The van der Waals surface area contributed by atoms with Crippen LogP contribution in [-0.2, 0) is 0 Å². The molecule has 0 aliphatic carbocycles. The smallest absolute Gasteiger partial charge is 0.223 e. The van der Waals surface area contributed by atoms with E-state index in [0.717, 1.165) is 16.0 Å². The Morgan fingerprint density at radius 1 is 1.53 bits per heavy atom. The van der Waals surface area contributed by atoms with Gasteiger partial charge >= 0.3 is 0 Å². The van der Waals surface area contributed by atoms with Crippen LogP contribution in [0.1, 0.15) is 11.8 Å². The van der Waals surface area contributed by atoms with E-state index in [1.54, 1.807) is 23.1 Å². The third kappa shape index (κ3) is 3.10. The largest absolute Gasteiger partial charge is 0.395 e. The number of nitrogens with zero attached hydrogens (tertiary/aromatic N) is 2. The van der Waals surface area contributed by atoms with Crippen molar-refractivity contribution in [2.75, 3.05) is 23.9 Å². The lowest BCUT2D eigenvalue weighted by Gasteiger charge is -2.22. The Morgan fingerprint density at radius 2 is 2.26 bits per heavy atom. The van der Waals surface area contributed by atoms with Gasteiger partial charge in [-0.2, -0.15) is 16.7 Å². The van der Waals surface area contributed by atoms with Crippen LogP contribution in [0.25, 0.3) is 10.2 Å². The topological polar surface area (TPSA) is 84.1 Å². The van der Waals surface area contributed by atoms with Gasteiger partial charge in [0.25, 0.3) is 0 Å². The molecule has 2 atom stereocenters. The number of nitrogen functional groups attached to an aromatic ring is 1. The van der Waals surface area contributed by atoms with Gasteiger partial charge in [0.15, 0.2) is 0 Å². The molecule has 0 amide bonds. The number of thioether (sulfide) groups is 1. The molecule has 0 radical (unpaired) electrons. The summed E-state index contributed by atoms with van der Waals surface area (Å²) >= 11 is 3.23. The van der Waals surface area contributed by atoms with Gasteiger partial charge in [0, 0.05) is 16.2 Å². The van der Waals surface area contributed by atoms with Gasteiger partial charge in [0.1, 0.15) is 10.6 Å². The lowest BCUT2D eigenvalue weighted by molar-refractivity contribution is 0.288. The maximum Gasteiger partial charge on any atom is 0.223 e. The number of hydrogen-bond acceptors (Lipinski definition) is 7. The number of aryl methyl sites for hydroxylation is 1. The molecular weight excluding hydrogens is 280 g/mol. The summed E-state index contributed by atoms with van der Waals surface area (Å²) < 4.78 is 0. The van der Waals surface area contributed by atoms with Crippen molar-refractivity contribution in [1.82, 2.24) is 9.97 Å². The molecule has 0 aromatic carbocycles. The van der Waals surface area contributed by atoms with Crippen LogP contribution >= 0.6 is 23.1 Å². The Bertz CT molecular complexity index is 568. The van der Waals surface area contributed by atoms with Crippen molar-refractivity contribution >= 4 is 45.1 Å². The first-order valence-electron chi connectivity index (χ1n) is 5.99. The van der Waals surface area contributed by atoms with E-state index in [9.17, 15) is 5.11 Å². The number of nitrogens with two attached hydrogens (primary N) is 1. The summed E-state index contributed by atoms with van der Waals surface area (Å²) in [5, 5.41) is 13.8. The van der Waals surface area contributed by atoms with Crippen LogP contribution in [0.2, 0.25) is 0 Å². The second kappa shape index (κ2) is 5.94. The fourth-order valence-electron chi connectivity index (χ4n) is 1.91. The lowest BCUT2D eigenvalue weighted by atomic mass is 10.2. The van der Waals surface area contributed by atoms with Crippen LogP contribution in [0.3, 0.4) is 0 Å². The van der Waals surface area contributed by atoms with Crippen LogP contribution in [0.15, 0.2) is 6.07 Å². The summed E-state index contributed by atoms with van der Waals surface area (Å²) in [4.78, 5) is 10.6. The zero-order valence-electron chi connectivity index (χ0n) is 11.2. The molecule has 7 heteroatoms. The monoisotopic (exact) mass is 298 g/mol. The van der Waals surface area contributed by atoms with E-state index in [-0.39, 0.29) is 23.8 Å². The molecule has 2 heterocycles. The molecule has 19 heavy (non-hydrogen) atoms. The average molecular weight is 298 g/mol. The lowest BCUT2D eigenvalue weighted by Crippen LogP contribution is -2.31. The molecule has 5 nitrogen and oxygen atoms in total. The number of fused-ring (bicyclic) bond motifs is 1. The Hall–Kier alpha value is -1.05. The van der Waals surface area contributed by atoms with Crippen LogP contribution in [0.5, 0.6) is 0 Å². The molecule has 0 bridgehead atoms. The number of aromatic nitrogens is 2. The minimum absolute atomic E-state index is 0.0951. The van der Waals surface area contributed by atoms with Crippen molar-refractivity contribution in [2.45, 2.75) is 25.1 Å². The zero-order valence-corrected chi connectivity index (χ0v) is 12.8. The van der Waals surface area contributed by atoms with E-state index in [1.807, 2.05) is 20.1 Å². The van der Waals surface area contributed by atoms with Crippen molar-refractivity contribution in [3.63, 3.8) is 0 Å². The molecule has 0 saturated heterocycles. The van der Waals surface area contributed by atoms with Crippen molar-refractivity contribution in [2.24, 2.45) is 0 Å². The molecule has 0 aliphatic heterocycles. The first-order valence-corrected chi connectivity index (χ1v) is 8.09. The number of aliphatic hydroxyl groups excluding tert-OH is 1. The standard InChI is InChI=1S/C12H18N4OS2/c1-6-4-8-10(14-7(2)9(5-17)18-3)15-12(13)16-11(8)19-6/h4,7,9,17H,5H2,1-3H3,(H3,13,14,15,16). The summed E-state index contributed by atoms with van der Waals surface area (Å²) in [5.74, 6) is 1.01. The summed E-state index contributed by atoms with van der Waals surface area (Å²) in [6.07, 6.45) is 1.98. The summed E-state index contributed by atoms with van der Waals surface area (Å²) in [6.45, 7) is 4.19. The molecule has 4 N–H and O–H groups in total. The van der Waals surface area contributed by atoms with Gasteiger partial charge < -0.3 is 16.2 Å². The maximum atomic E-state index is 9.33. The highest BCUT2D eigenvalue weighted by Gasteiger charge is 2.17. The summed E-state index contributed by atoms with van der Waals surface area (Å²) in [5.41, 5.74) is 5.74. The number of rotatable bonds is 5. The second-order valence-electron chi connectivity index (χ2n) is 4.40. The van der Waals surface area contributed by atoms with Crippen molar-refractivity contribution in [3.05, 3.63) is 10.9 Å². The SMILES string of the molecule is CSC(CO)C(C)Nc1nc(N)nc2sc(C)cc12. The highest BCUT2D eigenvalue weighted by atomic mass is 32.2. The van der Waals surface area contributed by atoms with Crippen LogP contribution in [0.4, 0.5) is 11.8 Å². The predicted molar refractivity (Wildman–Crippen MR) is 84.0 cm³/mol. The molecule has 0 fully saturated rings. The Labute approximate surface area is 120 Å². The predicted octanol–water partition coefficient (Wildman–Crippen LogP) is 2.11. The molecule has 2 aromatic rings. The highest BCUT2D eigenvalue weighted by molar-refractivity contribution is 7.99. The quantitative estimate of drug-likeness (QED) is 0.784. The van der Waals surface area contributed by atoms with Gasteiger partial charge in [-0.05, 0) is 26.2 Å². The number of thiophene rings is 1. The molecule has 0 aliphatic rings. The number of hydrogen-bond donors (Lipinski definition) is 3. The summed E-state index contributed by atoms with van der Waals surface area (Å²) in [6, 6.07) is 2.15. The van der Waals surface area contributed by atoms with Crippen LogP contribution in [0, 0.1) is 6.92 Å². The molecular formula is C12H18N4OS2. The molecule has 2 rings (SSSR count). The Kier molecular flexibility index (Phi) is 4.49. The van der Waals surface area contributed by atoms with E-state index in [1.165, 1.54) is 4.88 Å². The van der Waals surface area contributed by atoms with Gasteiger partial charge in [-0.3, -0.25) is 0 Å². The first-order chi connectivity index (χ1) is 9.05. The average Bonchev–Trinajstić information content (AvgIpc) is 2.71. The van der Waals surface area contributed by atoms with E-state index in [2.05, 4.69) is 21.4 Å². The van der Waals surface area contributed by atoms with Crippen molar-refractivity contribution in [1.29, 1.82) is 0 Å². The van der Waals surface area contributed by atoms with Gasteiger partial charge in [-0.25, -0.2) is 4.98 Å².